The highest BCUT2D eigenvalue weighted by Crippen LogP contribution is 2.18. The number of carbonyl (C=O) groups is 1. The summed E-state index contributed by atoms with van der Waals surface area (Å²) < 4.78 is 0. The van der Waals surface area contributed by atoms with Crippen LogP contribution in [-0.4, -0.2) is 25.6 Å². The fourth-order valence-corrected chi connectivity index (χ4v) is 1.95. The second-order valence-electron chi connectivity index (χ2n) is 4.72. The monoisotopic (exact) mass is 285 g/mol. The summed E-state index contributed by atoms with van der Waals surface area (Å²) >= 11 is 0. The molecule has 0 fully saturated rings. The van der Waals surface area contributed by atoms with Gasteiger partial charge in [-0.05, 0) is 20.8 Å². The Morgan fingerprint density at radius 3 is 2.43 bits per heavy atom. The Morgan fingerprint density at radius 2 is 1.95 bits per heavy atom. The van der Waals surface area contributed by atoms with Crippen molar-refractivity contribution in [3.05, 3.63) is 58.4 Å². The minimum Gasteiger partial charge on any atom is -0.398 e. The molecule has 0 saturated carbocycles. The molecule has 1 aromatic rings. The maximum Gasteiger partial charge on any atom is 0.141 e. The molecule has 4 heteroatoms. The van der Waals surface area contributed by atoms with Crippen molar-refractivity contribution in [1.29, 1.82) is 0 Å². The van der Waals surface area contributed by atoms with Crippen LogP contribution in [0.4, 0.5) is 0 Å². The third kappa shape index (κ3) is 4.31. The Bertz CT molecular complexity index is 581. The van der Waals surface area contributed by atoms with E-state index in [0.717, 1.165) is 28.8 Å². The van der Waals surface area contributed by atoms with Crippen molar-refractivity contribution < 1.29 is 4.79 Å². The van der Waals surface area contributed by atoms with Crippen LogP contribution in [0.5, 0.6) is 0 Å². The van der Waals surface area contributed by atoms with E-state index >= 15 is 0 Å². The van der Waals surface area contributed by atoms with Gasteiger partial charge in [0.05, 0.1) is 12.3 Å². The van der Waals surface area contributed by atoms with Crippen LogP contribution in [0.1, 0.15) is 25.0 Å². The van der Waals surface area contributed by atoms with Gasteiger partial charge < -0.3 is 15.8 Å². The first-order valence-corrected chi connectivity index (χ1v) is 6.91. The lowest BCUT2D eigenvalue weighted by atomic mass is 9.97. The average molecular weight is 285 g/mol. The van der Waals surface area contributed by atoms with E-state index in [1.54, 1.807) is 0 Å². The number of hydrogen-bond donors (Lipinski definition) is 2. The molecule has 0 heterocycles. The summed E-state index contributed by atoms with van der Waals surface area (Å²) in [7, 11) is 1.84. The zero-order valence-corrected chi connectivity index (χ0v) is 13.1. The van der Waals surface area contributed by atoms with Crippen LogP contribution < -0.4 is 11.1 Å². The highest BCUT2D eigenvalue weighted by molar-refractivity contribution is 6.15. The molecule has 0 radical (unpaired) electrons. The molecule has 0 unspecified atom stereocenters. The largest absolute Gasteiger partial charge is 0.398 e. The van der Waals surface area contributed by atoms with Crippen LogP contribution in [0.15, 0.2) is 52.3 Å². The standard InChI is InChI=1S/C17H23N3O/c1-5-15(18)16(13(3)19-4)17(20-10-11-21)14-8-6-12(2)7-9-14/h5-9,11,19H,10,18H2,1-4H3/b15-5+,16-13-,20-17?. The normalized spacial score (nSPS) is 13.7. The fourth-order valence-electron chi connectivity index (χ4n) is 1.95. The number of aliphatic imine (C=N–C) groups is 1. The molecule has 0 aliphatic carbocycles. The van der Waals surface area contributed by atoms with Crippen LogP contribution >= 0.6 is 0 Å². The van der Waals surface area contributed by atoms with E-state index in [-0.39, 0.29) is 6.54 Å². The number of hydrogen-bond acceptors (Lipinski definition) is 4. The Kier molecular flexibility index (Phi) is 6.40. The third-order valence-electron chi connectivity index (χ3n) is 3.24. The predicted octanol–water partition coefficient (Wildman–Crippen LogP) is 2.34. The Hall–Kier alpha value is -2.36. The van der Waals surface area contributed by atoms with Crippen molar-refractivity contribution in [2.45, 2.75) is 20.8 Å². The number of benzene rings is 1. The minimum absolute atomic E-state index is 0.112. The second-order valence-corrected chi connectivity index (χ2v) is 4.72. The lowest BCUT2D eigenvalue weighted by Crippen LogP contribution is -2.19. The van der Waals surface area contributed by atoms with Gasteiger partial charge >= 0.3 is 0 Å². The zero-order chi connectivity index (χ0) is 15.8. The maximum absolute atomic E-state index is 10.7. The highest BCUT2D eigenvalue weighted by Gasteiger charge is 2.15. The van der Waals surface area contributed by atoms with Crippen molar-refractivity contribution in [3.8, 4) is 0 Å². The van der Waals surface area contributed by atoms with E-state index in [4.69, 9.17) is 5.73 Å². The van der Waals surface area contributed by atoms with Crippen molar-refractivity contribution in [1.82, 2.24) is 5.32 Å². The number of allylic oxidation sites excluding steroid dienone is 3. The Morgan fingerprint density at radius 1 is 1.33 bits per heavy atom. The van der Waals surface area contributed by atoms with Crippen molar-refractivity contribution >= 4 is 12.0 Å². The number of carbonyl (C=O) groups excluding carboxylic acids is 1. The van der Waals surface area contributed by atoms with Gasteiger partial charge in [-0.2, -0.15) is 0 Å². The Labute approximate surface area is 126 Å². The minimum atomic E-state index is 0.112. The molecule has 0 bridgehead atoms. The van der Waals surface area contributed by atoms with Crippen molar-refractivity contribution in [2.75, 3.05) is 13.6 Å². The van der Waals surface area contributed by atoms with Gasteiger partial charge in [0.15, 0.2) is 0 Å². The molecule has 0 saturated heterocycles. The van der Waals surface area contributed by atoms with Gasteiger partial charge in [-0.15, -0.1) is 0 Å². The zero-order valence-electron chi connectivity index (χ0n) is 13.1. The summed E-state index contributed by atoms with van der Waals surface area (Å²) in [6.07, 6.45) is 2.62. The number of nitrogens with two attached hydrogens (primary N) is 1. The first-order chi connectivity index (χ1) is 10.0. The highest BCUT2D eigenvalue weighted by atomic mass is 16.1. The molecule has 1 aromatic carbocycles. The number of rotatable bonds is 6. The van der Waals surface area contributed by atoms with Gasteiger partial charge in [0.25, 0.3) is 0 Å². The van der Waals surface area contributed by atoms with E-state index in [2.05, 4.69) is 10.3 Å². The molecular formula is C17H23N3O. The van der Waals surface area contributed by atoms with Gasteiger partial charge in [0.1, 0.15) is 6.29 Å². The lowest BCUT2D eigenvalue weighted by Gasteiger charge is -2.16. The molecule has 21 heavy (non-hydrogen) atoms. The molecule has 0 atom stereocenters. The molecule has 0 amide bonds. The molecule has 112 valence electrons. The smallest absolute Gasteiger partial charge is 0.141 e. The van der Waals surface area contributed by atoms with Crippen LogP contribution in [0.3, 0.4) is 0 Å². The number of aryl methyl sites for hydroxylation is 1. The summed E-state index contributed by atoms with van der Waals surface area (Å²) in [5, 5.41) is 3.11. The number of nitrogens with one attached hydrogen (secondary N) is 1. The summed E-state index contributed by atoms with van der Waals surface area (Å²) in [6.45, 7) is 5.96. The maximum atomic E-state index is 10.7. The van der Waals surface area contributed by atoms with Crippen LogP contribution in [0.25, 0.3) is 0 Å². The topological polar surface area (TPSA) is 67.5 Å². The van der Waals surface area contributed by atoms with E-state index in [1.807, 2.05) is 58.2 Å². The Balaban J connectivity index is 3.49. The van der Waals surface area contributed by atoms with Gasteiger partial charge in [-0.1, -0.05) is 35.9 Å². The molecule has 0 aromatic heterocycles. The fraction of sp³-hybridized carbons (Fsp3) is 0.294. The molecule has 1 rings (SSSR count). The predicted molar refractivity (Wildman–Crippen MR) is 88.4 cm³/mol. The van der Waals surface area contributed by atoms with E-state index in [0.29, 0.717) is 5.70 Å². The first kappa shape index (κ1) is 16.7. The van der Waals surface area contributed by atoms with Gasteiger partial charge in [-0.3, -0.25) is 4.99 Å². The van der Waals surface area contributed by atoms with Crippen LogP contribution in [-0.2, 0) is 4.79 Å². The SMILES string of the molecule is C/C=C(N)\C(C(=NCC=O)c1ccc(C)cc1)=C(/C)NC. The molecular weight excluding hydrogens is 262 g/mol. The van der Waals surface area contributed by atoms with E-state index in [1.165, 1.54) is 5.56 Å². The first-order valence-electron chi connectivity index (χ1n) is 6.91. The molecule has 0 spiro atoms. The quantitative estimate of drug-likeness (QED) is 0.479. The van der Waals surface area contributed by atoms with Crippen LogP contribution in [0, 0.1) is 6.92 Å². The van der Waals surface area contributed by atoms with Gasteiger partial charge in [0.2, 0.25) is 0 Å². The third-order valence-corrected chi connectivity index (χ3v) is 3.24. The van der Waals surface area contributed by atoms with E-state index in [9.17, 15) is 4.79 Å². The van der Waals surface area contributed by atoms with Gasteiger partial charge in [-0.25, -0.2) is 0 Å². The lowest BCUT2D eigenvalue weighted by molar-refractivity contribution is -0.106. The van der Waals surface area contributed by atoms with Crippen molar-refractivity contribution in [3.63, 3.8) is 0 Å². The molecule has 0 aliphatic rings. The number of nitrogens with zero attached hydrogens (tertiary/aromatic N) is 1. The van der Waals surface area contributed by atoms with Crippen molar-refractivity contribution in [2.24, 2.45) is 10.7 Å². The summed E-state index contributed by atoms with van der Waals surface area (Å²) in [5.74, 6) is 0. The summed E-state index contributed by atoms with van der Waals surface area (Å²) in [6, 6.07) is 8.02. The van der Waals surface area contributed by atoms with Gasteiger partial charge in [0, 0.05) is 29.6 Å². The number of aldehydes is 1. The molecule has 3 N–H and O–H groups in total. The van der Waals surface area contributed by atoms with E-state index < -0.39 is 0 Å². The average Bonchev–Trinajstić information content (AvgIpc) is 2.51. The van der Waals surface area contributed by atoms with Crippen LogP contribution in [0.2, 0.25) is 0 Å². The summed E-state index contributed by atoms with van der Waals surface area (Å²) in [4.78, 5) is 15.1. The summed E-state index contributed by atoms with van der Waals surface area (Å²) in [5.41, 5.74) is 11.3. The molecule has 4 nitrogen and oxygen atoms in total. The molecule has 0 aliphatic heterocycles. The second kappa shape index (κ2) is 8.04.